The molecule has 1 aliphatic heterocycles. The van der Waals surface area contributed by atoms with E-state index in [1.165, 1.54) is 0 Å². The molecule has 0 radical (unpaired) electrons. The topological polar surface area (TPSA) is 128 Å². The van der Waals surface area contributed by atoms with Gasteiger partial charge in [-0.25, -0.2) is 0 Å². The molecule has 0 bridgehead atoms. The highest BCUT2D eigenvalue weighted by molar-refractivity contribution is 5.70. The van der Waals surface area contributed by atoms with Crippen LogP contribution < -0.4 is 21.5 Å². The monoisotopic (exact) mass is 269 g/mol. The van der Waals surface area contributed by atoms with Crippen LogP contribution in [0.2, 0.25) is 0 Å². The van der Waals surface area contributed by atoms with Crippen molar-refractivity contribution in [2.45, 2.75) is 19.4 Å². The lowest BCUT2D eigenvalue weighted by Gasteiger charge is -2.25. The molecule has 0 aliphatic carbocycles. The summed E-state index contributed by atoms with van der Waals surface area (Å²) < 4.78 is 0. The number of nitrogens with one attached hydrogen (secondary N) is 2. The summed E-state index contributed by atoms with van der Waals surface area (Å²) >= 11 is 0. The van der Waals surface area contributed by atoms with E-state index in [-0.39, 0.29) is 24.0 Å². The first-order valence-corrected chi connectivity index (χ1v) is 6.20. The van der Waals surface area contributed by atoms with Gasteiger partial charge in [-0.2, -0.15) is 4.98 Å². The Hall–Kier alpha value is -1.80. The smallest absolute Gasteiger partial charge is 0.277 e. The number of fused-ring (bicyclic) bond motifs is 1. The number of aromatic nitrogens is 2. The standard InChI is InChI=1S/C11H19N5O3/c1-6(18)7(2-3-17)4-16-5-13-8-9(16)14-11(12)15-10(8)19/h6-7,13,17-18H,2-5H2,1H3,(H3,12,14,15,19). The zero-order valence-corrected chi connectivity index (χ0v) is 10.8. The summed E-state index contributed by atoms with van der Waals surface area (Å²) in [5.41, 5.74) is 5.62. The van der Waals surface area contributed by atoms with Crippen molar-refractivity contribution in [2.24, 2.45) is 5.92 Å². The van der Waals surface area contributed by atoms with Crippen LogP contribution in [0.15, 0.2) is 4.79 Å². The van der Waals surface area contributed by atoms with Crippen molar-refractivity contribution in [3.63, 3.8) is 0 Å². The Kier molecular flexibility index (Phi) is 3.91. The van der Waals surface area contributed by atoms with Crippen LogP contribution in [0.4, 0.5) is 17.5 Å². The van der Waals surface area contributed by atoms with Crippen molar-refractivity contribution in [1.82, 2.24) is 9.97 Å². The molecule has 0 aromatic carbocycles. The summed E-state index contributed by atoms with van der Waals surface area (Å²) in [6.07, 6.45) is -0.0575. The predicted octanol–water partition coefficient (Wildman–Crippen LogP) is -1.08. The number of aliphatic hydroxyl groups excluding tert-OH is 2. The number of hydrogen-bond donors (Lipinski definition) is 5. The minimum atomic E-state index is -0.546. The van der Waals surface area contributed by atoms with Crippen LogP contribution in [0.3, 0.4) is 0 Å². The molecule has 8 heteroatoms. The Bertz CT molecular complexity index is 502. The molecule has 0 spiro atoms. The maximum Gasteiger partial charge on any atom is 0.277 e. The molecule has 0 amide bonds. The Labute approximate surface area is 110 Å². The van der Waals surface area contributed by atoms with Gasteiger partial charge in [-0.05, 0) is 13.3 Å². The van der Waals surface area contributed by atoms with E-state index >= 15 is 0 Å². The molecule has 1 aliphatic rings. The quantitative estimate of drug-likeness (QED) is 0.460. The maximum absolute atomic E-state index is 11.7. The molecule has 1 aromatic rings. The van der Waals surface area contributed by atoms with Gasteiger partial charge in [0.15, 0.2) is 5.82 Å². The molecule has 0 saturated heterocycles. The van der Waals surface area contributed by atoms with Gasteiger partial charge in [0.2, 0.25) is 5.95 Å². The highest BCUT2D eigenvalue weighted by Crippen LogP contribution is 2.27. The molecular weight excluding hydrogens is 250 g/mol. The predicted molar refractivity (Wildman–Crippen MR) is 72.0 cm³/mol. The Morgan fingerprint density at radius 3 is 2.95 bits per heavy atom. The molecule has 0 fully saturated rings. The number of aromatic amines is 1. The second-order valence-corrected chi connectivity index (χ2v) is 4.72. The number of nitrogen functional groups attached to an aromatic ring is 1. The number of aliphatic hydroxyl groups is 2. The number of rotatable bonds is 5. The van der Waals surface area contributed by atoms with Gasteiger partial charge < -0.3 is 26.2 Å². The average molecular weight is 269 g/mol. The number of hydrogen-bond acceptors (Lipinski definition) is 7. The van der Waals surface area contributed by atoms with Gasteiger partial charge in [-0.15, -0.1) is 0 Å². The largest absolute Gasteiger partial charge is 0.396 e. The molecule has 0 saturated carbocycles. The summed E-state index contributed by atoms with van der Waals surface area (Å²) in [6.45, 7) is 2.62. The molecule has 2 rings (SSSR count). The van der Waals surface area contributed by atoms with Gasteiger partial charge >= 0.3 is 0 Å². The van der Waals surface area contributed by atoms with Crippen molar-refractivity contribution in [3.05, 3.63) is 10.4 Å². The Morgan fingerprint density at radius 2 is 2.32 bits per heavy atom. The molecular formula is C11H19N5O3. The van der Waals surface area contributed by atoms with E-state index in [1.54, 1.807) is 6.92 Å². The van der Waals surface area contributed by atoms with Gasteiger partial charge in [0, 0.05) is 19.1 Å². The van der Waals surface area contributed by atoms with Crippen LogP contribution in [-0.2, 0) is 0 Å². The third-order valence-corrected chi connectivity index (χ3v) is 3.30. The maximum atomic E-state index is 11.7. The van der Waals surface area contributed by atoms with E-state index in [9.17, 15) is 9.90 Å². The van der Waals surface area contributed by atoms with E-state index in [2.05, 4.69) is 15.3 Å². The average Bonchev–Trinajstić information content (AvgIpc) is 2.72. The number of anilines is 3. The summed E-state index contributed by atoms with van der Waals surface area (Å²) in [4.78, 5) is 20.0. The van der Waals surface area contributed by atoms with Gasteiger partial charge in [0.1, 0.15) is 5.69 Å². The van der Waals surface area contributed by atoms with Gasteiger partial charge in [-0.1, -0.05) is 0 Å². The number of nitrogens with zero attached hydrogens (tertiary/aromatic N) is 2. The normalized spacial score (nSPS) is 16.9. The van der Waals surface area contributed by atoms with E-state index in [0.29, 0.717) is 31.1 Å². The minimum Gasteiger partial charge on any atom is -0.396 e. The Morgan fingerprint density at radius 1 is 1.58 bits per heavy atom. The van der Waals surface area contributed by atoms with E-state index < -0.39 is 6.10 Å². The molecule has 1 aromatic heterocycles. The van der Waals surface area contributed by atoms with Crippen LogP contribution in [0.5, 0.6) is 0 Å². The molecule has 106 valence electrons. The summed E-state index contributed by atoms with van der Waals surface area (Å²) in [6, 6.07) is 0. The Balaban J connectivity index is 2.20. The lowest BCUT2D eigenvalue weighted by molar-refractivity contribution is 0.108. The summed E-state index contributed by atoms with van der Waals surface area (Å²) in [5.74, 6) is 0.457. The molecule has 2 atom stereocenters. The minimum absolute atomic E-state index is 0.00856. The number of H-pyrrole nitrogens is 1. The van der Waals surface area contributed by atoms with Crippen molar-refractivity contribution >= 4 is 17.5 Å². The zero-order chi connectivity index (χ0) is 14.0. The molecule has 19 heavy (non-hydrogen) atoms. The molecule has 8 nitrogen and oxygen atoms in total. The fourth-order valence-electron chi connectivity index (χ4n) is 2.20. The summed E-state index contributed by atoms with van der Waals surface area (Å²) in [7, 11) is 0. The van der Waals surface area contributed by atoms with Crippen LogP contribution in [-0.4, -0.2) is 46.1 Å². The van der Waals surface area contributed by atoms with Crippen LogP contribution in [0.25, 0.3) is 0 Å². The SMILES string of the molecule is CC(O)C(CCO)CN1CNc2c1nc(N)[nH]c2=O. The third kappa shape index (κ3) is 2.79. The van der Waals surface area contributed by atoms with Gasteiger partial charge in [-0.3, -0.25) is 9.78 Å². The van der Waals surface area contributed by atoms with Crippen molar-refractivity contribution in [2.75, 3.05) is 35.8 Å². The van der Waals surface area contributed by atoms with Crippen molar-refractivity contribution in [1.29, 1.82) is 0 Å². The van der Waals surface area contributed by atoms with Gasteiger partial charge in [0.25, 0.3) is 5.56 Å². The first-order valence-electron chi connectivity index (χ1n) is 6.20. The van der Waals surface area contributed by atoms with Gasteiger partial charge in [0.05, 0.1) is 12.8 Å². The van der Waals surface area contributed by atoms with Crippen molar-refractivity contribution in [3.8, 4) is 0 Å². The van der Waals surface area contributed by atoms with Crippen LogP contribution >= 0.6 is 0 Å². The second-order valence-electron chi connectivity index (χ2n) is 4.72. The van der Waals surface area contributed by atoms with E-state index in [4.69, 9.17) is 10.8 Å². The lowest BCUT2D eigenvalue weighted by Crippen LogP contribution is -2.35. The summed E-state index contributed by atoms with van der Waals surface area (Å²) in [5, 5.41) is 21.6. The van der Waals surface area contributed by atoms with Crippen LogP contribution in [0, 0.1) is 5.92 Å². The highest BCUT2D eigenvalue weighted by atomic mass is 16.3. The molecule has 6 N–H and O–H groups in total. The molecule has 2 unspecified atom stereocenters. The lowest BCUT2D eigenvalue weighted by atomic mass is 9.99. The van der Waals surface area contributed by atoms with Crippen molar-refractivity contribution < 1.29 is 10.2 Å². The van der Waals surface area contributed by atoms with E-state index in [1.807, 2.05) is 4.90 Å². The fourth-order valence-corrected chi connectivity index (χ4v) is 2.20. The second kappa shape index (κ2) is 5.45. The first kappa shape index (κ1) is 13.6. The third-order valence-electron chi connectivity index (χ3n) is 3.30. The zero-order valence-electron chi connectivity index (χ0n) is 10.8. The van der Waals surface area contributed by atoms with E-state index in [0.717, 1.165) is 0 Å². The van der Waals surface area contributed by atoms with Crippen LogP contribution in [0.1, 0.15) is 13.3 Å². The molecule has 2 heterocycles. The highest BCUT2D eigenvalue weighted by Gasteiger charge is 2.27. The number of nitrogens with two attached hydrogens (primary N) is 1. The first-order chi connectivity index (χ1) is 9.02. The fraction of sp³-hybridized carbons (Fsp3) is 0.636.